The summed E-state index contributed by atoms with van der Waals surface area (Å²) >= 11 is 0. The van der Waals surface area contributed by atoms with Gasteiger partial charge in [0.05, 0.1) is 6.04 Å². The van der Waals surface area contributed by atoms with Gasteiger partial charge >= 0.3 is 0 Å². The predicted octanol–water partition coefficient (Wildman–Crippen LogP) is 1.13. The Morgan fingerprint density at radius 1 is 1.37 bits per heavy atom. The highest BCUT2D eigenvalue weighted by Crippen LogP contribution is 2.19. The SMILES string of the molecule is CC(C)[C@@H](NC(=O)Cn1cccn1)c1nccn1C. The van der Waals surface area contributed by atoms with E-state index in [4.69, 9.17) is 0 Å². The lowest BCUT2D eigenvalue weighted by Gasteiger charge is -2.22. The molecule has 0 fully saturated rings. The Morgan fingerprint density at radius 2 is 2.16 bits per heavy atom. The number of nitrogens with zero attached hydrogens (tertiary/aromatic N) is 4. The molecule has 0 saturated heterocycles. The maximum Gasteiger partial charge on any atom is 0.242 e. The van der Waals surface area contributed by atoms with Crippen LogP contribution in [0.25, 0.3) is 0 Å². The predicted molar refractivity (Wildman–Crippen MR) is 71.2 cm³/mol. The minimum atomic E-state index is -0.0944. The van der Waals surface area contributed by atoms with Gasteiger partial charge in [-0.2, -0.15) is 5.10 Å². The van der Waals surface area contributed by atoms with E-state index in [0.29, 0.717) is 0 Å². The fourth-order valence-electron chi connectivity index (χ4n) is 1.97. The van der Waals surface area contributed by atoms with E-state index in [9.17, 15) is 4.79 Å². The van der Waals surface area contributed by atoms with Crippen LogP contribution in [0.2, 0.25) is 0 Å². The molecule has 2 aromatic heterocycles. The summed E-state index contributed by atoms with van der Waals surface area (Å²) in [4.78, 5) is 16.3. The molecule has 2 heterocycles. The zero-order chi connectivity index (χ0) is 13.8. The lowest BCUT2D eigenvalue weighted by atomic mass is 10.0. The number of carbonyl (C=O) groups excluding carboxylic acids is 1. The van der Waals surface area contributed by atoms with Crippen molar-refractivity contribution in [2.24, 2.45) is 13.0 Å². The summed E-state index contributed by atoms with van der Waals surface area (Å²) in [5.41, 5.74) is 0. The van der Waals surface area contributed by atoms with Crippen LogP contribution in [0.4, 0.5) is 0 Å². The van der Waals surface area contributed by atoms with Gasteiger partial charge in [0, 0.05) is 31.8 Å². The summed E-state index contributed by atoms with van der Waals surface area (Å²) in [6, 6.07) is 1.70. The first-order valence-electron chi connectivity index (χ1n) is 6.32. The molecule has 0 bridgehead atoms. The van der Waals surface area contributed by atoms with Gasteiger partial charge in [-0.05, 0) is 12.0 Å². The van der Waals surface area contributed by atoms with Gasteiger partial charge in [-0.25, -0.2) is 4.98 Å². The third-order valence-corrected chi connectivity index (χ3v) is 2.98. The maximum absolute atomic E-state index is 12.0. The highest BCUT2D eigenvalue weighted by molar-refractivity contribution is 5.76. The average molecular weight is 261 g/mol. The normalized spacial score (nSPS) is 12.6. The molecule has 1 amide bonds. The van der Waals surface area contributed by atoms with E-state index in [1.54, 1.807) is 29.3 Å². The van der Waals surface area contributed by atoms with E-state index in [0.717, 1.165) is 5.82 Å². The Labute approximate surface area is 112 Å². The van der Waals surface area contributed by atoms with Crippen LogP contribution in [0, 0.1) is 5.92 Å². The summed E-state index contributed by atoms with van der Waals surface area (Å²) in [5, 5.41) is 7.04. The first-order valence-corrected chi connectivity index (χ1v) is 6.32. The van der Waals surface area contributed by atoms with E-state index in [1.165, 1.54) is 0 Å². The molecule has 0 aliphatic rings. The van der Waals surface area contributed by atoms with Crippen molar-refractivity contribution in [2.75, 3.05) is 0 Å². The van der Waals surface area contributed by atoms with Gasteiger partial charge < -0.3 is 9.88 Å². The van der Waals surface area contributed by atoms with Crippen molar-refractivity contribution in [2.45, 2.75) is 26.4 Å². The third kappa shape index (κ3) is 3.21. The van der Waals surface area contributed by atoms with Gasteiger partial charge in [-0.3, -0.25) is 9.48 Å². The van der Waals surface area contributed by atoms with Crippen molar-refractivity contribution in [3.8, 4) is 0 Å². The quantitative estimate of drug-likeness (QED) is 0.877. The first kappa shape index (κ1) is 13.3. The molecule has 1 N–H and O–H groups in total. The Balaban J connectivity index is 2.05. The van der Waals surface area contributed by atoms with Crippen LogP contribution in [0.15, 0.2) is 30.9 Å². The van der Waals surface area contributed by atoms with Gasteiger partial charge in [-0.15, -0.1) is 0 Å². The number of amides is 1. The topological polar surface area (TPSA) is 64.7 Å². The molecule has 1 atom stereocenters. The molecule has 0 aliphatic heterocycles. The van der Waals surface area contributed by atoms with Crippen molar-refractivity contribution in [3.05, 3.63) is 36.7 Å². The number of aryl methyl sites for hydroxylation is 1. The summed E-state index contributed by atoms with van der Waals surface area (Å²) < 4.78 is 3.53. The largest absolute Gasteiger partial charge is 0.344 e. The summed E-state index contributed by atoms with van der Waals surface area (Å²) in [5.74, 6) is 1.07. The number of carbonyl (C=O) groups is 1. The summed E-state index contributed by atoms with van der Waals surface area (Å²) in [6.45, 7) is 4.35. The Hall–Kier alpha value is -2.11. The molecule has 19 heavy (non-hydrogen) atoms. The van der Waals surface area contributed by atoms with Crippen molar-refractivity contribution < 1.29 is 4.79 Å². The summed E-state index contributed by atoms with van der Waals surface area (Å²) in [7, 11) is 1.93. The van der Waals surface area contributed by atoms with E-state index in [-0.39, 0.29) is 24.4 Å². The zero-order valence-corrected chi connectivity index (χ0v) is 11.4. The zero-order valence-electron chi connectivity index (χ0n) is 11.4. The molecular weight excluding hydrogens is 242 g/mol. The second-order valence-electron chi connectivity index (χ2n) is 4.89. The second kappa shape index (κ2) is 5.69. The number of hydrogen-bond donors (Lipinski definition) is 1. The Morgan fingerprint density at radius 3 is 2.68 bits per heavy atom. The highest BCUT2D eigenvalue weighted by atomic mass is 16.2. The fraction of sp³-hybridized carbons (Fsp3) is 0.462. The van der Waals surface area contributed by atoms with Gasteiger partial charge in [0.1, 0.15) is 12.4 Å². The van der Waals surface area contributed by atoms with Crippen molar-refractivity contribution >= 4 is 5.91 Å². The molecule has 2 aromatic rings. The second-order valence-corrected chi connectivity index (χ2v) is 4.89. The van der Waals surface area contributed by atoms with E-state index in [2.05, 4.69) is 29.2 Å². The van der Waals surface area contributed by atoms with Crippen LogP contribution < -0.4 is 5.32 Å². The standard InChI is InChI=1S/C13H19N5O/c1-10(2)12(13-14-6-8-17(13)3)16-11(19)9-18-7-4-5-15-18/h4-8,10,12H,9H2,1-3H3,(H,16,19)/t12-/m1/s1. The minimum Gasteiger partial charge on any atom is -0.344 e. The molecule has 102 valence electrons. The Kier molecular flexibility index (Phi) is 3.99. The lowest BCUT2D eigenvalue weighted by molar-refractivity contribution is -0.123. The average Bonchev–Trinajstić information content (AvgIpc) is 2.97. The molecule has 6 nitrogen and oxygen atoms in total. The molecule has 0 unspecified atom stereocenters. The number of aromatic nitrogens is 4. The molecule has 0 aromatic carbocycles. The van der Waals surface area contributed by atoms with E-state index in [1.807, 2.05) is 17.8 Å². The maximum atomic E-state index is 12.0. The lowest BCUT2D eigenvalue weighted by Crippen LogP contribution is -2.35. The van der Waals surface area contributed by atoms with Crippen LogP contribution >= 0.6 is 0 Å². The first-order chi connectivity index (χ1) is 9.08. The molecule has 6 heteroatoms. The van der Waals surface area contributed by atoms with Crippen molar-refractivity contribution in [3.63, 3.8) is 0 Å². The molecular formula is C13H19N5O. The summed E-state index contributed by atoms with van der Waals surface area (Å²) in [6.07, 6.45) is 7.05. The fourth-order valence-corrected chi connectivity index (χ4v) is 1.97. The van der Waals surface area contributed by atoms with Gasteiger partial charge in [0.25, 0.3) is 0 Å². The van der Waals surface area contributed by atoms with Crippen LogP contribution in [0.1, 0.15) is 25.7 Å². The molecule has 0 spiro atoms. The van der Waals surface area contributed by atoms with Gasteiger partial charge in [0.2, 0.25) is 5.91 Å². The van der Waals surface area contributed by atoms with Crippen LogP contribution in [0.5, 0.6) is 0 Å². The minimum absolute atomic E-state index is 0.0644. The highest BCUT2D eigenvalue weighted by Gasteiger charge is 2.21. The van der Waals surface area contributed by atoms with E-state index < -0.39 is 0 Å². The third-order valence-electron chi connectivity index (χ3n) is 2.98. The molecule has 0 saturated carbocycles. The van der Waals surface area contributed by atoms with Gasteiger partial charge in [-0.1, -0.05) is 13.8 Å². The van der Waals surface area contributed by atoms with Gasteiger partial charge in [0.15, 0.2) is 0 Å². The number of nitrogens with one attached hydrogen (secondary N) is 1. The van der Waals surface area contributed by atoms with E-state index >= 15 is 0 Å². The van der Waals surface area contributed by atoms with Crippen molar-refractivity contribution in [1.29, 1.82) is 0 Å². The number of rotatable bonds is 5. The Bertz CT molecular complexity index is 529. The molecule has 0 aliphatic carbocycles. The van der Waals surface area contributed by atoms with Crippen molar-refractivity contribution in [1.82, 2.24) is 24.6 Å². The smallest absolute Gasteiger partial charge is 0.242 e. The molecule has 2 rings (SSSR count). The molecule has 0 radical (unpaired) electrons. The number of hydrogen-bond acceptors (Lipinski definition) is 3. The van der Waals surface area contributed by atoms with Crippen LogP contribution in [0.3, 0.4) is 0 Å². The monoisotopic (exact) mass is 261 g/mol. The number of imidazole rings is 1. The van der Waals surface area contributed by atoms with Crippen LogP contribution in [-0.4, -0.2) is 25.2 Å². The van der Waals surface area contributed by atoms with Crippen LogP contribution in [-0.2, 0) is 18.4 Å².